The molecule has 0 fully saturated rings. The maximum Gasteiger partial charge on any atom is 0.311 e. The molecule has 8 heteroatoms. The number of halogens is 2. The van der Waals surface area contributed by atoms with Crippen molar-refractivity contribution in [3.8, 4) is 0 Å². The van der Waals surface area contributed by atoms with Gasteiger partial charge in [-0.1, -0.05) is 6.07 Å². The standard InChI is InChI=1S/C14H13BrIN3O2S/c1-2-21-13(20)6-10-8-22-14(18-10)19-17-7-9-3-4-12(16)11(15)5-9/h3-5,7-8H,2,6H2,1H3,(H,18,19). The van der Waals surface area contributed by atoms with E-state index in [0.29, 0.717) is 17.4 Å². The van der Waals surface area contributed by atoms with Gasteiger partial charge in [0.25, 0.3) is 0 Å². The van der Waals surface area contributed by atoms with E-state index in [9.17, 15) is 4.79 Å². The number of benzene rings is 1. The van der Waals surface area contributed by atoms with Crippen LogP contribution in [0.1, 0.15) is 18.2 Å². The van der Waals surface area contributed by atoms with Gasteiger partial charge in [0.2, 0.25) is 5.13 Å². The molecule has 0 bridgehead atoms. The van der Waals surface area contributed by atoms with Crippen LogP contribution in [0.25, 0.3) is 0 Å². The van der Waals surface area contributed by atoms with Gasteiger partial charge in [0.1, 0.15) is 0 Å². The minimum atomic E-state index is -0.272. The number of nitrogens with one attached hydrogen (secondary N) is 1. The van der Waals surface area contributed by atoms with Crippen LogP contribution < -0.4 is 5.43 Å². The Morgan fingerprint density at radius 3 is 3.14 bits per heavy atom. The Labute approximate surface area is 154 Å². The van der Waals surface area contributed by atoms with E-state index in [4.69, 9.17) is 4.74 Å². The number of ether oxygens (including phenoxy) is 1. The minimum Gasteiger partial charge on any atom is -0.466 e. The zero-order chi connectivity index (χ0) is 15.9. The molecule has 22 heavy (non-hydrogen) atoms. The molecular formula is C14H13BrIN3O2S. The predicted molar refractivity (Wildman–Crippen MR) is 101 cm³/mol. The Bertz CT molecular complexity index is 690. The van der Waals surface area contributed by atoms with Gasteiger partial charge >= 0.3 is 5.97 Å². The second kappa shape index (κ2) is 8.59. The molecule has 0 amide bonds. The summed E-state index contributed by atoms with van der Waals surface area (Å²) in [6.07, 6.45) is 1.90. The smallest absolute Gasteiger partial charge is 0.311 e. The second-order valence-electron chi connectivity index (χ2n) is 4.17. The third-order valence-electron chi connectivity index (χ3n) is 2.50. The largest absolute Gasteiger partial charge is 0.466 e. The summed E-state index contributed by atoms with van der Waals surface area (Å²) in [6, 6.07) is 5.97. The first-order valence-corrected chi connectivity index (χ1v) is 9.17. The molecule has 1 aromatic carbocycles. The maximum atomic E-state index is 11.4. The van der Waals surface area contributed by atoms with Gasteiger partial charge in [0.05, 0.1) is 24.9 Å². The summed E-state index contributed by atoms with van der Waals surface area (Å²) in [7, 11) is 0. The van der Waals surface area contributed by atoms with Crippen molar-refractivity contribution in [2.45, 2.75) is 13.3 Å². The fourth-order valence-corrected chi connectivity index (χ4v) is 2.95. The highest BCUT2D eigenvalue weighted by atomic mass is 127. The molecule has 2 aromatic rings. The van der Waals surface area contributed by atoms with E-state index < -0.39 is 0 Å². The van der Waals surface area contributed by atoms with E-state index >= 15 is 0 Å². The molecule has 2 rings (SSSR count). The lowest BCUT2D eigenvalue weighted by Gasteiger charge is -1.98. The van der Waals surface area contributed by atoms with Crippen LogP contribution in [0.3, 0.4) is 0 Å². The van der Waals surface area contributed by atoms with Crippen molar-refractivity contribution in [1.82, 2.24) is 4.98 Å². The fraction of sp³-hybridized carbons (Fsp3) is 0.214. The Kier molecular flexibility index (Phi) is 6.77. The highest BCUT2D eigenvalue weighted by Crippen LogP contribution is 2.20. The molecule has 0 aliphatic heterocycles. The highest BCUT2D eigenvalue weighted by Gasteiger charge is 2.07. The van der Waals surface area contributed by atoms with Gasteiger partial charge in [0.15, 0.2) is 0 Å². The summed E-state index contributed by atoms with van der Waals surface area (Å²) in [6.45, 7) is 2.16. The first-order valence-electron chi connectivity index (χ1n) is 6.42. The predicted octanol–water partition coefficient (Wildman–Crippen LogP) is 4.06. The first-order chi connectivity index (χ1) is 10.6. The van der Waals surface area contributed by atoms with Crippen LogP contribution in [0.15, 0.2) is 33.2 Å². The van der Waals surface area contributed by atoms with Crippen molar-refractivity contribution in [3.05, 3.63) is 42.9 Å². The molecule has 0 radical (unpaired) electrons. The number of aromatic nitrogens is 1. The van der Waals surface area contributed by atoms with Crippen LogP contribution in [-0.2, 0) is 16.0 Å². The van der Waals surface area contributed by atoms with E-state index in [-0.39, 0.29) is 12.4 Å². The first kappa shape index (κ1) is 17.4. The minimum absolute atomic E-state index is 0.180. The summed E-state index contributed by atoms with van der Waals surface area (Å²) >= 11 is 7.13. The Morgan fingerprint density at radius 2 is 2.41 bits per heavy atom. The second-order valence-corrected chi connectivity index (χ2v) is 7.04. The molecule has 0 spiro atoms. The number of hydrogen-bond donors (Lipinski definition) is 1. The van der Waals surface area contributed by atoms with E-state index in [1.54, 1.807) is 13.1 Å². The molecule has 0 saturated carbocycles. The molecule has 5 nitrogen and oxygen atoms in total. The lowest BCUT2D eigenvalue weighted by Crippen LogP contribution is -2.07. The molecule has 116 valence electrons. The van der Waals surface area contributed by atoms with Crippen LogP contribution in [0.4, 0.5) is 5.13 Å². The van der Waals surface area contributed by atoms with Gasteiger partial charge in [-0.05, 0) is 63.1 Å². The summed E-state index contributed by atoms with van der Waals surface area (Å²) in [5.74, 6) is -0.272. The van der Waals surface area contributed by atoms with Gasteiger partial charge in [-0.2, -0.15) is 5.10 Å². The Morgan fingerprint density at radius 1 is 1.59 bits per heavy atom. The number of rotatable bonds is 6. The lowest BCUT2D eigenvalue weighted by molar-refractivity contribution is -0.142. The average Bonchev–Trinajstić information content (AvgIpc) is 2.90. The van der Waals surface area contributed by atoms with Crippen LogP contribution in [-0.4, -0.2) is 23.8 Å². The van der Waals surface area contributed by atoms with Crippen molar-refractivity contribution < 1.29 is 9.53 Å². The molecule has 1 aromatic heterocycles. The van der Waals surface area contributed by atoms with Crippen molar-refractivity contribution in [2.75, 3.05) is 12.0 Å². The van der Waals surface area contributed by atoms with Gasteiger partial charge < -0.3 is 4.74 Å². The number of nitrogens with zero attached hydrogens (tertiary/aromatic N) is 2. The van der Waals surface area contributed by atoms with E-state index in [0.717, 1.165) is 13.6 Å². The molecule has 0 aliphatic carbocycles. The van der Waals surface area contributed by atoms with Crippen molar-refractivity contribution in [1.29, 1.82) is 0 Å². The fourth-order valence-electron chi connectivity index (χ4n) is 1.55. The number of thiazole rings is 1. The molecular weight excluding hydrogens is 481 g/mol. The molecule has 0 atom stereocenters. The molecule has 0 unspecified atom stereocenters. The third kappa shape index (κ3) is 5.33. The van der Waals surface area contributed by atoms with Crippen LogP contribution in [0.5, 0.6) is 0 Å². The highest BCUT2D eigenvalue weighted by molar-refractivity contribution is 14.1. The number of hydrogen-bond acceptors (Lipinski definition) is 6. The van der Waals surface area contributed by atoms with E-state index in [2.05, 4.69) is 54.0 Å². The third-order valence-corrected chi connectivity index (χ3v) is 5.63. The van der Waals surface area contributed by atoms with Crippen molar-refractivity contribution in [2.24, 2.45) is 5.10 Å². The number of hydrazone groups is 1. The topological polar surface area (TPSA) is 63.6 Å². The number of anilines is 1. The van der Waals surface area contributed by atoms with Crippen LogP contribution >= 0.6 is 49.9 Å². The SMILES string of the molecule is CCOC(=O)Cc1csc(NN=Cc2ccc(I)c(Br)c2)n1. The average molecular weight is 494 g/mol. The molecule has 1 heterocycles. The Balaban J connectivity index is 1.91. The van der Waals surface area contributed by atoms with E-state index in [1.165, 1.54) is 11.3 Å². The number of carbonyl (C=O) groups is 1. The maximum absolute atomic E-state index is 11.4. The summed E-state index contributed by atoms with van der Waals surface area (Å²) in [4.78, 5) is 15.6. The molecule has 0 aliphatic rings. The van der Waals surface area contributed by atoms with Gasteiger partial charge in [-0.3, -0.25) is 10.2 Å². The summed E-state index contributed by atoms with van der Waals surface area (Å²) in [5.41, 5.74) is 4.51. The van der Waals surface area contributed by atoms with Gasteiger partial charge in [0, 0.05) is 13.4 Å². The molecule has 1 N–H and O–H groups in total. The van der Waals surface area contributed by atoms with Gasteiger partial charge in [-0.15, -0.1) is 11.3 Å². The summed E-state index contributed by atoms with van der Waals surface area (Å²) in [5, 5.41) is 6.60. The number of carbonyl (C=O) groups excluding carboxylic acids is 1. The normalized spacial score (nSPS) is 10.9. The molecule has 0 saturated heterocycles. The van der Waals surface area contributed by atoms with Gasteiger partial charge in [-0.25, -0.2) is 4.98 Å². The zero-order valence-electron chi connectivity index (χ0n) is 11.7. The monoisotopic (exact) mass is 493 g/mol. The van der Waals surface area contributed by atoms with Crippen LogP contribution in [0.2, 0.25) is 0 Å². The number of esters is 1. The van der Waals surface area contributed by atoms with Crippen molar-refractivity contribution >= 4 is 67.2 Å². The summed E-state index contributed by atoms with van der Waals surface area (Å²) < 4.78 is 7.06. The lowest BCUT2D eigenvalue weighted by atomic mass is 10.2. The van der Waals surface area contributed by atoms with Crippen LogP contribution in [0, 0.1) is 3.57 Å². The zero-order valence-corrected chi connectivity index (χ0v) is 16.2. The Hall–Kier alpha value is -1.000. The quantitative estimate of drug-likeness (QED) is 0.285. The van der Waals surface area contributed by atoms with Crippen molar-refractivity contribution in [3.63, 3.8) is 0 Å². The van der Waals surface area contributed by atoms with E-state index in [1.807, 2.05) is 23.6 Å².